The minimum absolute atomic E-state index is 0. The van der Waals surface area contributed by atoms with Gasteiger partial charge < -0.3 is 15.8 Å². The Kier molecular flexibility index (Phi) is 9.93. The average molecular weight is 343 g/mol. The number of nitrogens with two attached hydrogens (primary N) is 1. The molecule has 132 valence electrons. The zero-order valence-corrected chi connectivity index (χ0v) is 15.7. The minimum Gasteiger partial charge on any atom is -0.494 e. The summed E-state index contributed by atoms with van der Waals surface area (Å²) in [6.07, 6.45) is 0.863. The summed E-state index contributed by atoms with van der Waals surface area (Å²) in [4.78, 5) is 12.4. The average Bonchev–Trinajstić information content (AvgIpc) is 2.46. The molecule has 0 bridgehead atoms. The highest BCUT2D eigenvalue weighted by molar-refractivity contribution is 5.85. The molecule has 4 nitrogen and oxygen atoms in total. The maximum atomic E-state index is 12.4. The van der Waals surface area contributed by atoms with Crippen LogP contribution in [0.1, 0.15) is 52.6 Å². The Bertz CT molecular complexity index is 478. The van der Waals surface area contributed by atoms with Crippen LogP contribution in [0, 0.1) is 11.8 Å². The molecule has 23 heavy (non-hydrogen) atoms. The van der Waals surface area contributed by atoms with E-state index in [9.17, 15) is 4.79 Å². The van der Waals surface area contributed by atoms with Crippen LogP contribution in [-0.2, 0) is 4.79 Å². The van der Waals surface area contributed by atoms with Crippen molar-refractivity contribution in [3.63, 3.8) is 0 Å². The van der Waals surface area contributed by atoms with E-state index in [1.165, 1.54) is 0 Å². The summed E-state index contributed by atoms with van der Waals surface area (Å²) < 4.78 is 5.71. The third-order valence-corrected chi connectivity index (χ3v) is 3.82. The van der Waals surface area contributed by atoms with Gasteiger partial charge in [0.05, 0.1) is 12.6 Å². The fourth-order valence-corrected chi connectivity index (χ4v) is 2.33. The lowest BCUT2D eigenvalue weighted by atomic mass is 9.94. The van der Waals surface area contributed by atoms with Crippen molar-refractivity contribution in [1.29, 1.82) is 0 Å². The van der Waals surface area contributed by atoms with Crippen LogP contribution in [-0.4, -0.2) is 18.6 Å². The van der Waals surface area contributed by atoms with Gasteiger partial charge in [0.25, 0.3) is 0 Å². The number of ether oxygens (including phenoxy) is 1. The van der Waals surface area contributed by atoms with Gasteiger partial charge in [0.15, 0.2) is 0 Å². The first-order valence-electron chi connectivity index (χ1n) is 8.14. The fraction of sp³-hybridized carbons (Fsp3) is 0.611. The number of para-hydroxylation sites is 1. The van der Waals surface area contributed by atoms with Crippen LogP contribution in [0.5, 0.6) is 5.75 Å². The van der Waals surface area contributed by atoms with E-state index in [2.05, 4.69) is 19.2 Å². The molecule has 0 spiro atoms. The van der Waals surface area contributed by atoms with E-state index in [0.29, 0.717) is 12.5 Å². The highest BCUT2D eigenvalue weighted by Gasteiger charge is 2.24. The first-order valence-corrected chi connectivity index (χ1v) is 8.14. The van der Waals surface area contributed by atoms with Crippen LogP contribution >= 0.6 is 12.4 Å². The molecule has 0 saturated carbocycles. The Labute approximate surface area is 146 Å². The number of halogens is 1. The van der Waals surface area contributed by atoms with Gasteiger partial charge in [0, 0.05) is 17.5 Å². The zero-order chi connectivity index (χ0) is 16.7. The van der Waals surface area contributed by atoms with Crippen LogP contribution in [0.3, 0.4) is 0 Å². The Morgan fingerprint density at radius 3 is 2.35 bits per heavy atom. The predicted molar refractivity (Wildman–Crippen MR) is 98.0 cm³/mol. The van der Waals surface area contributed by atoms with Gasteiger partial charge >= 0.3 is 0 Å². The molecule has 5 heteroatoms. The fourth-order valence-electron chi connectivity index (χ4n) is 2.33. The Morgan fingerprint density at radius 2 is 1.83 bits per heavy atom. The number of amides is 1. The van der Waals surface area contributed by atoms with Gasteiger partial charge in [0.1, 0.15) is 5.75 Å². The summed E-state index contributed by atoms with van der Waals surface area (Å²) in [6.45, 7) is 10.6. The van der Waals surface area contributed by atoms with E-state index < -0.39 is 0 Å². The molecular formula is C18H31ClN2O2. The summed E-state index contributed by atoms with van der Waals surface area (Å²) in [5.41, 5.74) is 6.88. The van der Waals surface area contributed by atoms with Crippen molar-refractivity contribution in [2.24, 2.45) is 17.6 Å². The summed E-state index contributed by atoms with van der Waals surface area (Å²) in [5.74, 6) is 1.08. The molecule has 3 unspecified atom stereocenters. The zero-order valence-electron chi connectivity index (χ0n) is 14.8. The van der Waals surface area contributed by atoms with E-state index in [-0.39, 0.29) is 36.3 Å². The maximum absolute atomic E-state index is 12.4. The number of benzene rings is 1. The summed E-state index contributed by atoms with van der Waals surface area (Å²) in [5, 5.41) is 3.15. The monoisotopic (exact) mass is 342 g/mol. The second-order valence-corrected chi connectivity index (χ2v) is 6.31. The molecule has 1 rings (SSSR count). The predicted octanol–water partition coefficient (Wildman–Crippen LogP) is 3.69. The van der Waals surface area contributed by atoms with Gasteiger partial charge in [-0.05, 0) is 32.3 Å². The molecule has 3 atom stereocenters. The van der Waals surface area contributed by atoms with Crippen molar-refractivity contribution in [1.82, 2.24) is 5.32 Å². The number of hydrogen-bond acceptors (Lipinski definition) is 3. The van der Waals surface area contributed by atoms with Gasteiger partial charge in [-0.15, -0.1) is 12.4 Å². The molecule has 0 saturated heterocycles. The molecule has 1 amide bonds. The lowest BCUT2D eigenvalue weighted by molar-refractivity contribution is -0.125. The van der Waals surface area contributed by atoms with Gasteiger partial charge in [-0.3, -0.25) is 4.79 Å². The van der Waals surface area contributed by atoms with Gasteiger partial charge in [0.2, 0.25) is 5.91 Å². The smallest absolute Gasteiger partial charge is 0.224 e. The van der Waals surface area contributed by atoms with Crippen molar-refractivity contribution in [2.75, 3.05) is 6.61 Å². The lowest BCUT2D eigenvalue weighted by Crippen LogP contribution is -2.40. The molecule has 0 fully saturated rings. The number of nitrogens with one attached hydrogen (secondary N) is 1. The summed E-state index contributed by atoms with van der Waals surface area (Å²) in [7, 11) is 0. The summed E-state index contributed by atoms with van der Waals surface area (Å²) in [6, 6.07) is 7.68. The molecule has 0 aliphatic heterocycles. The van der Waals surface area contributed by atoms with Gasteiger partial charge in [-0.25, -0.2) is 0 Å². The third-order valence-electron chi connectivity index (χ3n) is 3.82. The number of rotatable bonds is 8. The molecule has 0 aromatic heterocycles. The van der Waals surface area contributed by atoms with E-state index in [1.807, 2.05) is 45.0 Å². The van der Waals surface area contributed by atoms with Crippen LogP contribution in [0.4, 0.5) is 0 Å². The third kappa shape index (κ3) is 6.80. The first kappa shape index (κ1) is 21.7. The topological polar surface area (TPSA) is 64.3 Å². The second-order valence-electron chi connectivity index (χ2n) is 6.31. The van der Waals surface area contributed by atoms with Gasteiger partial charge in [-0.2, -0.15) is 0 Å². The van der Waals surface area contributed by atoms with Crippen LogP contribution < -0.4 is 15.8 Å². The van der Waals surface area contributed by atoms with Crippen molar-refractivity contribution < 1.29 is 9.53 Å². The first-order chi connectivity index (χ1) is 10.4. The highest BCUT2D eigenvalue weighted by atomic mass is 35.5. The molecule has 1 aromatic rings. The van der Waals surface area contributed by atoms with E-state index in [1.54, 1.807) is 0 Å². The molecule has 3 N–H and O–H groups in total. The summed E-state index contributed by atoms with van der Waals surface area (Å²) >= 11 is 0. The minimum atomic E-state index is -0.214. The van der Waals surface area contributed by atoms with E-state index in [4.69, 9.17) is 10.5 Å². The van der Waals surface area contributed by atoms with Crippen LogP contribution in [0.15, 0.2) is 24.3 Å². The van der Waals surface area contributed by atoms with Gasteiger partial charge in [-0.1, -0.05) is 39.0 Å². The number of hydrogen-bond donors (Lipinski definition) is 2. The lowest BCUT2D eigenvalue weighted by Gasteiger charge is -2.25. The van der Waals surface area contributed by atoms with Crippen molar-refractivity contribution in [3.05, 3.63) is 29.8 Å². The van der Waals surface area contributed by atoms with E-state index in [0.717, 1.165) is 17.7 Å². The van der Waals surface area contributed by atoms with E-state index >= 15 is 0 Å². The van der Waals surface area contributed by atoms with Crippen molar-refractivity contribution >= 4 is 18.3 Å². The molecule has 0 aliphatic carbocycles. The highest BCUT2D eigenvalue weighted by Crippen LogP contribution is 2.30. The number of carbonyl (C=O) groups excluding carboxylic acids is 1. The Balaban J connectivity index is 0.00000484. The molecule has 0 radical (unpaired) electrons. The SMILES string of the molecule is CCOc1ccccc1C(CC(C)C)NC(=O)C(C)C(C)N.Cl. The quantitative estimate of drug-likeness (QED) is 0.757. The molecule has 0 heterocycles. The van der Waals surface area contributed by atoms with Crippen molar-refractivity contribution in [2.45, 2.75) is 53.1 Å². The molecule has 1 aromatic carbocycles. The maximum Gasteiger partial charge on any atom is 0.224 e. The largest absolute Gasteiger partial charge is 0.494 e. The standard InChI is InChI=1S/C18H30N2O2.ClH/c1-6-22-17-10-8-7-9-15(17)16(11-12(2)3)20-18(21)13(4)14(5)19;/h7-10,12-14,16H,6,11,19H2,1-5H3,(H,20,21);1H. The number of carbonyl (C=O) groups is 1. The second kappa shape index (κ2) is 10.5. The van der Waals surface area contributed by atoms with Crippen molar-refractivity contribution in [3.8, 4) is 5.75 Å². The van der Waals surface area contributed by atoms with Crippen LogP contribution in [0.2, 0.25) is 0 Å². The Morgan fingerprint density at radius 1 is 1.22 bits per heavy atom. The van der Waals surface area contributed by atoms with Crippen LogP contribution in [0.25, 0.3) is 0 Å². The Hall–Kier alpha value is -1.26. The normalized spacial score (nSPS) is 14.6. The molecule has 0 aliphatic rings. The molecular weight excluding hydrogens is 312 g/mol.